The summed E-state index contributed by atoms with van der Waals surface area (Å²) in [6.45, 7) is 15.4. The van der Waals surface area contributed by atoms with Crippen LogP contribution in [0.2, 0.25) is 0 Å². The smallest absolute Gasteiger partial charge is 0.111 e. The van der Waals surface area contributed by atoms with E-state index in [1.807, 2.05) is 46.0 Å². The summed E-state index contributed by atoms with van der Waals surface area (Å²) in [6, 6.07) is 0. The van der Waals surface area contributed by atoms with Crippen molar-refractivity contribution >= 4 is 5.84 Å². The second kappa shape index (κ2) is 12.0. The van der Waals surface area contributed by atoms with Gasteiger partial charge in [-0.3, -0.25) is 0 Å². The van der Waals surface area contributed by atoms with Gasteiger partial charge in [-0.25, -0.2) is 4.99 Å². The Morgan fingerprint density at radius 1 is 1.19 bits per heavy atom. The van der Waals surface area contributed by atoms with Gasteiger partial charge in [0.2, 0.25) is 0 Å². The van der Waals surface area contributed by atoms with Gasteiger partial charge in [0.15, 0.2) is 0 Å². The van der Waals surface area contributed by atoms with Crippen molar-refractivity contribution in [2.45, 2.75) is 48.5 Å². The number of hydrogen-bond acceptors (Lipinski definition) is 1. The molecule has 2 heteroatoms. The summed E-state index contributed by atoms with van der Waals surface area (Å²) < 4.78 is 0. The second-order valence-corrected chi connectivity index (χ2v) is 3.39. The van der Waals surface area contributed by atoms with Crippen molar-refractivity contribution in [2.24, 2.45) is 10.9 Å². The normalized spacial score (nSPS) is 12.1. The van der Waals surface area contributed by atoms with Crippen LogP contribution in [0.1, 0.15) is 48.5 Å². The van der Waals surface area contributed by atoms with Crippen LogP contribution < -0.4 is 0 Å². The Bertz CT molecular complexity index is 225. The quantitative estimate of drug-likeness (QED) is 0.508. The van der Waals surface area contributed by atoms with Gasteiger partial charge < -0.3 is 4.90 Å². The predicted octanol–water partition coefficient (Wildman–Crippen LogP) is 4.46. The highest BCUT2D eigenvalue weighted by Gasteiger charge is 2.09. The lowest BCUT2D eigenvalue weighted by Gasteiger charge is -2.22. The average molecular weight is 224 g/mol. The SMILES string of the molecule is C/C=C\N=C(C(C)C)N(/C=C\C)CC.CC. The van der Waals surface area contributed by atoms with Gasteiger partial charge in [0.1, 0.15) is 5.84 Å². The van der Waals surface area contributed by atoms with Crippen LogP contribution in [0.25, 0.3) is 0 Å². The van der Waals surface area contributed by atoms with Gasteiger partial charge in [-0.05, 0) is 20.8 Å². The van der Waals surface area contributed by atoms with Crippen LogP contribution in [0, 0.1) is 5.92 Å². The van der Waals surface area contributed by atoms with Crippen molar-refractivity contribution in [1.29, 1.82) is 0 Å². The van der Waals surface area contributed by atoms with Gasteiger partial charge in [-0.2, -0.15) is 0 Å². The second-order valence-electron chi connectivity index (χ2n) is 3.39. The van der Waals surface area contributed by atoms with Gasteiger partial charge in [-0.15, -0.1) is 0 Å². The average Bonchev–Trinajstić information content (AvgIpc) is 2.30. The third kappa shape index (κ3) is 7.27. The van der Waals surface area contributed by atoms with Gasteiger partial charge in [0, 0.05) is 24.9 Å². The first kappa shape index (κ1) is 17.3. The highest BCUT2D eigenvalue weighted by Crippen LogP contribution is 2.05. The van der Waals surface area contributed by atoms with Gasteiger partial charge in [0.25, 0.3) is 0 Å². The van der Waals surface area contributed by atoms with E-state index in [1.54, 1.807) is 0 Å². The third-order valence-corrected chi connectivity index (χ3v) is 1.84. The van der Waals surface area contributed by atoms with E-state index >= 15 is 0 Å². The molecule has 0 aromatic heterocycles. The number of aliphatic imine (C=N–C) groups is 1. The van der Waals surface area contributed by atoms with E-state index < -0.39 is 0 Å². The van der Waals surface area contributed by atoms with Crippen molar-refractivity contribution in [3.63, 3.8) is 0 Å². The molecule has 0 atom stereocenters. The van der Waals surface area contributed by atoms with Crippen LogP contribution in [-0.2, 0) is 0 Å². The molecule has 0 saturated heterocycles. The van der Waals surface area contributed by atoms with Crippen LogP contribution in [0.3, 0.4) is 0 Å². The van der Waals surface area contributed by atoms with E-state index in [-0.39, 0.29) is 0 Å². The van der Waals surface area contributed by atoms with Crippen molar-refractivity contribution < 1.29 is 0 Å². The number of rotatable bonds is 4. The highest BCUT2D eigenvalue weighted by molar-refractivity contribution is 5.85. The van der Waals surface area contributed by atoms with Crippen LogP contribution in [0.4, 0.5) is 0 Å². The van der Waals surface area contributed by atoms with E-state index in [0.29, 0.717) is 5.92 Å². The fraction of sp³-hybridized carbons (Fsp3) is 0.643. The molecule has 94 valence electrons. The molecule has 0 aromatic rings. The summed E-state index contributed by atoms with van der Waals surface area (Å²) in [5, 5.41) is 0. The van der Waals surface area contributed by atoms with Crippen molar-refractivity contribution in [2.75, 3.05) is 6.54 Å². The maximum Gasteiger partial charge on any atom is 0.111 e. The Morgan fingerprint density at radius 3 is 2.06 bits per heavy atom. The highest BCUT2D eigenvalue weighted by atomic mass is 15.2. The third-order valence-electron chi connectivity index (χ3n) is 1.84. The summed E-state index contributed by atoms with van der Waals surface area (Å²) in [7, 11) is 0. The summed E-state index contributed by atoms with van der Waals surface area (Å²) in [6.07, 6.45) is 7.91. The molecule has 0 heterocycles. The van der Waals surface area contributed by atoms with E-state index in [0.717, 1.165) is 12.4 Å². The Morgan fingerprint density at radius 2 is 1.75 bits per heavy atom. The van der Waals surface area contributed by atoms with Crippen LogP contribution in [0.15, 0.2) is 29.5 Å². The zero-order chi connectivity index (χ0) is 13.0. The number of nitrogens with zero attached hydrogens (tertiary/aromatic N) is 2. The Hall–Kier alpha value is -1.05. The van der Waals surface area contributed by atoms with Crippen molar-refractivity contribution in [1.82, 2.24) is 4.90 Å². The number of allylic oxidation sites excluding steroid dienone is 2. The number of hydrogen-bond donors (Lipinski definition) is 0. The summed E-state index contributed by atoms with van der Waals surface area (Å²) in [4.78, 5) is 6.61. The molecule has 0 aliphatic heterocycles. The summed E-state index contributed by atoms with van der Waals surface area (Å²) in [5.41, 5.74) is 0. The molecular formula is C14H28N2. The molecule has 0 spiro atoms. The molecule has 0 radical (unpaired) electrons. The molecule has 0 fully saturated rings. The lowest BCUT2D eigenvalue weighted by atomic mass is 10.2. The lowest BCUT2D eigenvalue weighted by Crippen LogP contribution is -2.29. The van der Waals surface area contributed by atoms with E-state index in [1.165, 1.54) is 0 Å². The van der Waals surface area contributed by atoms with E-state index in [2.05, 4.69) is 36.9 Å². The van der Waals surface area contributed by atoms with Gasteiger partial charge in [0.05, 0.1) is 0 Å². The first-order valence-electron chi connectivity index (χ1n) is 6.25. The molecule has 0 rings (SSSR count). The van der Waals surface area contributed by atoms with Crippen molar-refractivity contribution in [3.8, 4) is 0 Å². The minimum atomic E-state index is 0.447. The first-order valence-corrected chi connectivity index (χ1v) is 6.25. The Labute approximate surface area is 102 Å². The van der Waals surface area contributed by atoms with Gasteiger partial charge >= 0.3 is 0 Å². The molecule has 0 aliphatic rings. The number of amidine groups is 1. The fourth-order valence-corrected chi connectivity index (χ4v) is 1.23. The lowest BCUT2D eigenvalue weighted by molar-refractivity contribution is 0.550. The summed E-state index contributed by atoms with van der Waals surface area (Å²) in [5.74, 6) is 1.56. The minimum absolute atomic E-state index is 0.447. The largest absolute Gasteiger partial charge is 0.337 e. The van der Waals surface area contributed by atoms with Crippen LogP contribution in [0.5, 0.6) is 0 Å². The standard InChI is InChI=1S/C12H22N2.C2H6/c1-6-9-13-12(11(4)5)14(8-3)10-7-2;1-2/h6-7,9-11H,8H2,1-5H3;1-2H3/b9-6-,10-7-,13-12?;. The predicted molar refractivity (Wildman–Crippen MR) is 75.6 cm³/mol. The molecule has 0 saturated carbocycles. The molecule has 0 N–H and O–H groups in total. The van der Waals surface area contributed by atoms with Crippen LogP contribution in [-0.4, -0.2) is 17.3 Å². The summed E-state index contributed by atoms with van der Waals surface area (Å²) >= 11 is 0. The molecule has 0 aromatic carbocycles. The Balaban J connectivity index is 0. The van der Waals surface area contributed by atoms with E-state index in [4.69, 9.17) is 0 Å². The molecule has 0 amide bonds. The molecule has 0 aliphatic carbocycles. The van der Waals surface area contributed by atoms with Gasteiger partial charge in [-0.1, -0.05) is 39.8 Å². The molecule has 0 unspecified atom stereocenters. The Kier molecular flexibility index (Phi) is 13.0. The first-order chi connectivity index (χ1) is 7.67. The topological polar surface area (TPSA) is 15.6 Å². The zero-order valence-corrected chi connectivity index (χ0v) is 12.0. The monoisotopic (exact) mass is 224 g/mol. The maximum atomic E-state index is 4.44. The molecule has 0 bridgehead atoms. The molecule has 2 nitrogen and oxygen atoms in total. The minimum Gasteiger partial charge on any atom is -0.337 e. The zero-order valence-electron chi connectivity index (χ0n) is 12.0. The molecular weight excluding hydrogens is 196 g/mol. The fourth-order valence-electron chi connectivity index (χ4n) is 1.23. The molecule has 16 heavy (non-hydrogen) atoms. The van der Waals surface area contributed by atoms with E-state index in [9.17, 15) is 0 Å². The van der Waals surface area contributed by atoms with Crippen molar-refractivity contribution in [3.05, 3.63) is 24.6 Å². The maximum absolute atomic E-state index is 4.44. The van der Waals surface area contributed by atoms with Crippen LogP contribution >= 0.6 is 0 Å².